The Morgan fingerprint density at radius 2 is 1.89 bits per heavy atom. The Bertz CT molecular complexity index is 500. The van der Waals surface area contributed by atoms with E-state index in [4.69, 9.17) is 0 Å². The highest BCUT2D eigenvalue weighted by atomic mass is 32.2. The van der Waals surface area contributed by atoms with Crippen LogP contribution in [0.5, 0.6) is 0 Å². The number of thioether (sulfide) groups is 1. The van der Waals surface area contributed by atoms with Crippen molar-refractivity contribution in [1.29, 1.82) is 0 Å². The third kappa shape index (κ3) is 2.90. The Hall–Kier alpha value is -0.510. The Morgan fingerprint density at radius 3 is 2.56 bits per heavy atom. The molecule has 2 aromatic rings. The first-order chi connectivity index (χ1) is 8.80. The molecule has 1 heterocycles. The van der Waals surface area contributed by atoms with Gasteiger partial charge in [-0.1, -0.05) is 32.0 Å². The maximum Gasteiger partial charge on any atom is 0.0357 e. The second kappa shape index (κ2) is 6.60. The predicted molar refractivity (Wildman–Crippen MR) is 85.1 cm³/mol. The summed E-state index contributed by atoms with van der Waals surface area (Å²) in [5.74, 6) is 0. The zero-order valence-electron chi connectivity index (χ0n) is 11.4. The maximum atomic E-state index is 2.49. The van der Waals surface area contributed by atoms with Crippen molar-refractivity contribution in [3.05, 3.63) is 29.1 Å². The van der Waals surface area contributed by atoms with Crippen molar-refractivity contribution in [2.24, 2.45) is 0 Å². The van der Waals surface area contributed by atoms with Gasteiger partial charge in [-0.15, -0.1) is 23.1 Å². The Kier molecular flexibility index (Phi) is 5.10. The van der Waals surface area contributed by atoms with Crippen molar-refractivity contribution in [1.82, 2.24) is 4.90 Å². The van der Waals surface area contributed by atoms with Gasteiger partial charge >= 0.3 is 0 Å². The molecule has 1 aromatic carbocycles. The molecule has 0 N–H and O–H groups in total. The molecule has 2 rings (SSSR count). The number of likely N-dealkylation sites (N-methyl/N-ethyl adjacent to an activating group) is 1. The van der Waals surface area contributed by atoms with E-state index in [1.165, 1.54) is 27.9 Å². The average molecular weight is 279 g/mol. The summed E-state index contributed by atoms with van der Waals surface area (Å²) in [7, 11) is 0. The lowest BCUT2D eigenvalue weighted by molar-refractivity contribution is 0.308. The molecule has 0 aliphatic rings. The van der Waals surface area contributed by atoms with Crippen molar-refractivity contribution in [3.63, 3.8) is 0 Å². The van der Waals surface area contributed by atoms with Gasteiger partial charge in [-0.3, -0.25) is 0 Å². The average Bonchev–Trinajstić information content (AvgIpc) is 2.77. The second-order valence-electron chi connectivity index (χ2n) is 4.33. The summed E-state index contributed by atoms with van der Waals surface area (Å²) in [6, 6.07) is 8.76. The number of benzene rings is 1. The van der Waals surface area contributed by atoms with Crippen LogP contribution in [0.4, 0.5) is 0 Å². The summed E-state index contributed by atoms with van der Waals surface area (Å²) in [6.45, 7) is 7.95. The van der Waals surface area contributed by atoms with Crippen LogP contribution in [0.2, 0.25) is 0 Å². The zero-order chi connectivity index (χ0) is 13.0. The Balaban J connectivity index is 2.22. The molecular weight excluding hydrogens is 258 g/mol. The van der Waals surface area contributed by atoms with Gasteiger partial charge in [0.2, 0.25) is 0 Å². The highest BCUT2D eigenvalue weighted by molar-refractivity contribution is 7.99. The van der Waals surface area contributed by atoms with E-state index in [-0.39, 0.29) is 0 Å². The lowest BCUT2D eigenvalue weighted by Crippen LogP contribution is -2.25. The van der Waals surface area contributed by atoms with Crippen molar-refractivity contribution >= 4 is 33.2 Å². The van der Waals surface area contributed by atoms with E-state index in [0.717, 1.165) is 13.1 Å². The minimum absolute atomic E-state index is 1.15. The third-order valence-corrected chi connectivity index (χ3v) is 5.61. The van der Waals surface area contributed by atoms with Gasteiger partial charge in [0.15, 0.2) is 0 Å². The number of rotatable bonds is 6. The molecule has 0 aliphatic heterocycles. The molecule has 0 atom stereocenters. The molecule has 0 unspecified atom stereocenters. The smallest absolute Gasteiger partial charge is 0.0357 e. The highest BCUT2D eigenvalue weighted by Crippen LogP contribution is 2.37. The number of nitrogens with zero attached hydrogens (tertiary/aromatic N) is 1. The monoisotopic (exact) mass is 279 g/mol. The van der Waals surface area contributed by atoms with Crippen molar-refractivity contribution in [2.45, 2.75) is 25.2 Å². The van der Waals surface area contributed by atoms with Gasteiger partial charge in [0.1, 0.15) is 0 Å². The van der Waals surface area contributed by atoms with E-state index < -0.39 is 0 Å². The molecule has 98 valence electrons. The van der Waals surface area contributed by atoms with Crippen LogP contribution < -0.4 is 0 Å². The summed E-state index contributed by atoms with van der Waals surface area (Å²) >= 11 is 3.85. The largest absolute Gasteiger partial charge is 0.304 e. The lowest BCUT2D eigenvalue weighted by atomic mass is 10.2. The Labute approximate surface area is 118 Å². The van der Waals surface area contributed by atoms with E-state index >= 15 is 0 Å². The molecule has 0 bridgehead atoms. The molecule has 3 heteroatoms. The molecule has 0 radical (unpaired) electrons. The van der Waals surface area contributed by atoms with E-state index in [9.17, 15) is 0 Å². The number of thiophene rings is 1. The molecule has 0 saturated heterocycles. The SMILES string of the molecule is CCN(CC)CCc1sc2ccccc2c1SC. The van der Waals surface area contributed by atoms with Crippen LogP contribution in [-0.2, 0) is 6.42 Å². The minimum atomic E-state index is 1.15. The topological polar surface area (TPSA) is 3.24 Å². The van der Waals surface area contributed by atoms with Crippen molar-refractivity contribution in [3.8, 4) is 0 Å². The van der Waals surface area contributed by atoms with Crippen LogP contribution in [0.1, 0.15) is 18.7 Å². The van der Waals surface area contributed by atoms with E-state index in [2.05, 4.69) is 49.3 Å². The van der Waals surface area contributed by atoms with Crippen LogP contribution in [0.15, 0.2) is 29.2 Å². The molecule has 0 fully saturated rings. The first-order valence-corrected chi connectivity index (χ1v) is 8.61. The van der Waals surface area contributed by atoms with Crippen molar-refractivity contribution < 1.29 is 0 Å². The summed E-state index contributed by atoms with van der Waals surface area (Å²) in [5, 5.41) is 1.43. The van der Waals surface area contributed by atoms with Crippen LogP contribution in [0, 0.1) is 0 Å². The van der Waals surface area contributed by atoms with Crippen molar-refractivity contribution in [2.75, 3.05) is 25.9 Å². The molecule has 18 heavy (non-hydrogen) atoms. The molecule has 0 amide bonds. The first kappa shape index (κ1) is 13.9. The molecule has 1 aromatic heterocycles. The molecule has 0 aliphatic carbocycles. The van der Waals surface area contributed by atoms with E-state index in [1.807, 2.05) is 23.1 Å². The van der Waals surface area contributed by atoms with Crippen LogP contribution in [0.3, 0.4) is 0 Å². The van der Waals surface area contributed by atoms with Gasteiger partial charge in [0.25, 0.3) is 0 Å². The van der Waals surface area contributed by atoms with Gasteiger partial charge in [0, 0.05) is 26.4 Å². The van der Waals surface area contributed by atoms with Crippen LogP contribution in [-0.4, -0.2) is 30.8 Å². The fourth-order valence-electron chi connectivity index (χ4n) is 2.26. The van der Waals surface area contributed by atoms with Gasteiger partial charge in [-0.05, 0) is 31.8 Å². The van der Waals surface area contributed by atoms with Crippen LogP contribution >= 0.6 is 23.1 Å². The van der Waals surface area contributed by atoms with E-state index in [0.29, 0.717) is 0 Å². The number of fused-ring (bicyclic) bond motifs is 1. The molecule has 1 nitrogen and oxygen atoms in total. The Morgan fingerprint density at radius 1 is 1.17 bits per heavy atom. The molecule has 0 spiro atoms. The van der Waals surface area contributed by atoms with Gasteiger partial charge < -0.3 is 4.90 Å². The standard InChI is InChI=1S/C15H21NS2/c1-4-16(5-2)11-10-14-15(17-3)12-8-6-7-9-13(12)18-14/h6-9H,4-5,10-11H2,1-3H3. The summed E-state index contributed by atoms with van der Waals surface area (Å²) in [4.78, 5) is 5.53. The normalized spacial score (nSPS) is 11.6. The van der Waals surface area contributed by atoms with Gasteiger partial charge in [-0.25, -0.2) is 0 Å². The quantitative estimate of drug-likeness (QED) is 0.716. The summed E-state index contributed by atoms with van der Waals surface area (Å²) < 4.78 is 1.43. The second-order valence-corrected chi connectivity index (χ2v) is 6.28. The lowest BCUT2D eigenvalue weighted by Gasteiger charge is -2.17. The summed E-state index contributed by atoms with van der Waals surface area (Å²) in [5.41, 5.74) is 0. The molecule has 0 saturated carbocycles. The van der Waals surface area contributed by atoms with Gasteiger partial charge in [-0.2, -0.15) is 0 Å². The number of hydrogen-bond acceptors (Lipinski definition) is 3. The third-order valence-electron chi connectivity index (χ3n) is 3.37. The highest BCUT2D eigenvalue weighted by Gasteiger charge is 2.11. The van der Waals surface area contributed by atoms with Crippen LogP contribution in [0.25, 0.3) is 10.1 Å². The predicted octanol–water partition coefficient (Wildman–Crippen LogP) is 4.51. The fraction of sp³-hybridized carbons (Fsp3) is 0.467. The zero-order valence-corrected chi connectivity index (χ0v) is 13.0. The fourth-order valence-corrected chi connectivity index (χ4v) is 4.52. The minimum Gasteiger partial charge on any atom is -0.304 e. The van der Waals surface area contributed by atoms with Gasteiger partial charge in [0.05, 0.1) is 0 Å². The van der Waals surface area contributed by atoms with E-state index in [1.54, 1.807) is 4.88 Å². The first-order valence-electron chi connectivity index (χ1n) is 6.56. The summed E-state index contributed by atoms with van der Waals surface area (Å²) in [6.07, 6.45) is 3.37. The number of hydrogen-bond donors (Lipinski definition) is 0. The molecular formula is C15H21NS2. The maximum absolute atomic E-state index is 2.49.